The van der Waals surface area contributed by atoms with Crippen LogP contribution in [0, 0.1) is 0 Å². The zero-order valence-electron chi connectivity index (χ0n) is 10.2. The van der Waals surface area contributed by atoms with Crippen molar-refractivity contribution in [3.63, 3.8) is 0 Å². The van der Waals surface area contributed by atoms with Gasteiger partial charge in [0.2, 0.25) is 5.91 Å². The molecule has 0 aliphatic heterocycles. The first kappa shape index (κ1) is 16.4. The predicted molar refractivity (Wildman–Crippen MR) is 74.9 cm³/mol. The van der Waals surface area contributed by atoms with Crippen LogP contribution in [0.15, 0.2) is 6.20 Å². The summed E-state index contributed by atoms with van der Waals surface area (Å²) in [6.45, 7) is 4.13. The Bertz CT molecular complexity index is 343. The van der Waals surface area contributed by atoms with E-state index >= 15 is 0 Å². The molecular weight excluding hydrogens is 258 g/mol. The molecule has 1 aromatic heterocycles. The number of rotatable bonds is 6. The van der Waals surface area contributed by atoms with E-state index in [1.807, 2.05) is 13.1 Å². The van der Waals surface area contributed by atoms with Crippen LogP contribution in [-0.4, -0.2) is 16.9 Å². The molecule has 1 atom stereocenters. The van der Waals surface area contributed by atoms with Gasteiger partial charge in [0.15, 0.2) is 5.13 Å². The van der Waals surface area contributed by atoms with Crippen LogP contribution in [-0.2, 0) is 11.2 Å². The van der Waals surface area contributed by atoms with Crippen molar-refractivity contribution in [1.82, 2.24) is 4.98 Å². The number of carbonyl (C=O) groups is 1. The fourth-order valence-corrected chi connectivity index (χ4v) is 2.28. The highest BCUT2D eigenvalue weighted by atomic mass is 35.5. The van der Waals surface area contributed by atoms with Crippen molar-refractivity contribution in [1.29, 1.82) is 0 Å². The topological polar surface area (TPSA) is 68.0 Å². The molecule has 0 aliphatic carbocycles. The largest absolute Gasteiger partial charge is 0.320 e. The smallest absolute Gasteiger partial charge is 0.243 e. The fraction of sp³-hybridized carbons (Fsp3) is 0.636. The number of anilines is 1. The van der Waals surface area contributed by atoms with Crippen LogP contribution in [0.4, 0.5) is 5.13 Å². The molecule has 0 radical (unpaired) electrons. The van der Waals surface area contributed by atoms with Crippen LogP contribution in [0.5, 0.6) is 0 Å². The molecule has 3 N–H and O–H groups in total. The molecule has 1 amide bonds. The van der Waals surface area contributed by atoms with Gasteiger partial charge in [-0.05, 0) is 12.8 Å². The number of carbonyl (C=O) groups excluding carboxylic acids is 1. The molecule has 0 aliphatic rings. The lowest BCUT2D eigenvalue weighted by atomic mass is 10.2. The maximum absolute atomic E-state index is 11.6. The van der Waals surface area contributed by atoms with Gasteiger partial charge in [0, 0.05) is 11.1 Å². The lowest BCUT2D eigenvalue weighted by Gasteiger charge is -2.08. The molecule has 0 fully saturated rings. The number of thiazole rings is 1. The average molecular weight is 278 g/mol. The van der Waals surface area contributed by atoms with Gasteiger partial charge >= 0.3 is 0 Å². The molecule has 0 bridgehead atoms. The number of aromatic nitrogens is 1. The number of nitrogens with zero attached hydrogens (tertiary/aromatic N) is 1. The zero-order chi connectivity index (χ0) is 12.0. The summed E-state index contributed by atoms with van der Waals surface area (Å²) in [7, 11) is 0. The zero-order valence-corrected chi connectivity index (χ0v) is 11.9. The van der Waals surface area contributed by atoms with Gasteiger partial charge in [0.25, 0.3) is 0 Å². The molecule has 0 saturated carbocycles. The van der Waals surface area contributed by atoms with E-state index < -0.39 is 6.04 Å². The van der Waals surface area contributed by atoms with Crippen molar-refractivity contribution in [2.45, 2.75) is 45.6 Å². The number of nitrogens with two attached hydrogens (primary N) is 1. The summed E-state index contributed by atoms with van der Waals surface area (Å²) in [5, 5.41) is 3.40. The molecule has 4 nitrogen and oxygen atoms in total. The van der Waals surface area contributed by atoms with Crippen LogP contribution in [0.2, 0.25) is 0 Å². The summed E-state index contributed by atoms with van der Waals surface area (Å²) in [6, 6.07) is -0.427. The van der Waals surface area contributed by atoms with Crippen molar-refractivity contribution >= 4 is 34.8 Å². The maximum Gasteiger partial charge on any atom is 0.243 e. The fourth-order valence-electron chi connectivity index (χ4n) is 1.37. The Labute approximate surface area is 112 Å². The molecule has 98 valence electrons. The molecule has 0 aromatic carbocycles. The number of aryl methyl sites for hydroxylation is 1. The quantitative estimate of drug-likeness (QED) is 0.840. The molecule has 17 heavy (non-hydrogen) atoms. The van der Waals surface area contributed by atoms with Gasteiger partial charge in [-0.1, -0.05) is 26.7 Å². The summed E-state index contributed by atoms with van der Waals surface area (Å²) < 4.78 is 0. The van der Waals surface area contributed by atoms with Gasteiger partial charge in [-0.25, -0.2) is 4.98 Å². The van der Waals surface area contributed by atoms with Crippen LogP contribution in [0.1, 0.15) is 38.0 Å². The summed E-state index contributed by atoms with van der Waals surface area (Å²) in [5.41, 5.74) is 5.71. The number of nitrogens with one attached hydrogen (secondary N) is 1. The minimum Gasteiger partial charge on any atom is -0.320 e. The molecular formula is C11H20ClN3OS. The molecule has 0 saturated heterocycles. The number of halogens is 1. The van der Waals surface area contributed by atoms with Crippen molar-refractivity contribution in [3.8, 4) is 0 Å². The third-order valence-electron chi connectivity index (χ3n) is 2.22. The molecule has 1 heterocycles. The van der Waals surface area contributed by atoms with Gasteiger partial charge in [0.05, 0.1) is 6.04 Å². The highest BCUT2D eigenvalue weighted by Crippen LogP contribution is 2.19. The predicted octanol–water partition coefficient (Wildman–Crippen LogP) is 2.58. The first-order valence-electron chi connectivity index (χ1n) is 5.68. The highest BCUT2D eigenvalue weighted by molar-refractivity contribution is 7.15. The van der Waals surface area contributed by atoms with Crippen LogP contribution in [0.25, 0.3) is 0 Å². The number of hydrogen-bond acceptors (Lipinski definition) is 4. The minimum absolute atomic E-state index is 0. The second-order valence-electron chi connectivity index (χ2n) is 3.77. The highest BCUT2D eigenvalue weighted by Gasteiger charge is 2.13. The van der Waals surface area contributed by atoms with Crippen molar-refractivity contribution in [2.24, 2.45) is 5.73 Å². The van der Waals surface area contributed by atoms with Gasteiger partial charge < -0.3 is 11.1 Å². The Hall–Kier alpha value is -0.650. The second-order valence-corrected chi connectivity index (χ2v) is 4.88. The van der Waals surface area contributed by atoms with Crippen molar-refractivity contribution in [2.75, 3.05) is 5.32 Å². The van der Waals surface area contributed by atoms with Gasteiger partial charge in [-0.2, -0.15) is 0 Å². The first-order valence-corrected chi connectivity index (χ1v) is 6.50. The average Bonchev–Trinajstić information content (AvgIpc) is 2.66. The van der Waals surface area contributed by atoms with Crippen molar-refractivity contribution < 1.29 is 4.79 Å². The standard InChI is InChI=1S/C11H19N3OS.ClH/c1-3-5-8-7-13-11(16-8)14-10(15)9(12)6-4-2;/h7,9H,3-6,12H2,1-2H3,(H,13,14,15);1H. The third kappa shape index (κ3) is 5.48. The van der Waals surface area contributed by atoms with E-state index in [4.69, 9.17) is 5.73 Å². The molecule has 0 spiro atoms. The molecule has 1 rings (SSSR count). The SMILES string of the molecule is CCCc1cnc(NC(=O)C(N)CCC)s1.Cl. The second kappa shape index (κ2) is 8.44. The Kier molecular flexibility index (Phi) is 8.12. The van der Waals surface area contributed by atoms with E-state index in [-0.39, 0.29) is 18.3 Å². The lowest BCUT2D eigenvalue weighted by Crippen LogP contribution is -2.35. The van der Waals surface area contributed by atoms with E-state index in [2.05, 4.69) is 17.2 Å². The first-order chi connectivity index (χ1) is 7.67. The third-order valence-corrected chi connectivity index (χ3v) is 3.19. The van der Waals surface area contributed by atoms with Gasteiger partial charge in [0.1, 0.15) is 0 Å². The Morgan fingerprint density at radius 1 is 1.53 bits per heavy atom. The number of amides is 1. The van der Waals surface area contributed by atoms with Gasteiger partial charge in [-0.15, -0.1) is 23.7 Å². The Balaban J connectivity index is 0.00000256. The Morgan fingerprint density at radius 2 is 2.24 bits per heavy atom. The minimum atomic E-state index is -0.427. The maximum atomic E-state index is 11.6. The number of hydrogen-bond donors (Lipinski definition) is 2. The summed E-state index contributed by atoms with van der Waals surface area (Å²) in [6.07, 6.45) is 5.53. The van der Waals surface area contributed by atoms with Crippen LogP contribution >= 0.6 is 23.7 Å². The molecule has 1 unspecified atom stereocenters. The Morgan fingerprint density at radius 3 is 2.82 bits per heavy atom. The molecule has 6 heteroatoms. The monoisotopic (exact) mass is 277 g/mol. The van der Waals surface area contributed by atoms with E-state index in [1.165, 1.54) is 16.2 Å². The normalized spacial score (nSPS) is 11.7. The van der Waals surface area contributed by atoms with Crippen LogP contribution < -0.4 is 11.1 Å². The molecule has 1 aromatic rings. The summed E-state index contributed by atoms with van der Waals surface area (Å²) in [4.78, 5) is 16.9. The summed E-state index contributed by atoms with van der Waals surface area (Å²) in [5.74, 6) is -0.140. The van der Waals surface area contributed by atoms with E-state index in [9.17, 15) is 4.79 Å². The lowest BCUT2D eigenvalue weighted by molar-refractivity contribution is -0.117. The van der Waals surface area contributed by atoms with E-state index in [1.54, 1.807) is 0 Å². The van der Waals surface area contributed by atoms with E-state index in [0.29, 0.717) is 11.6 Å². The van der Waals surface area contributed by atoms with E-state index in [0.717, 1.165) is 19.3 Å². The summed E-state index contributed by atoms with van der Waals surface area (Å²) >= 11 is 1.52. The van der Waals surface area contributed by atoms with Gasteiger partial charge in [-0.3, -0.25) is 4.79 Å². The van der Waals surface area contributed by atoms with Crippen LogP contribution in [0.3, 0.4) is 0 Å². The van der Waals surface area contributed by atoms with Crippen molar-refractivity contribution in [3.05, 3.63) is 11.1 Å².